The smallest absolute Gasteiger partial charge is 0.280 e. The molecule has 0 aliphatic heterocycles. The number of hydrogen-bond acceptors (Lipinski definition) is 7. The van der Waals surface area contributed by atoms with E-state index in [0.717, 1.165) is 44.7 Å². The fourth-order valence-electron chi connectivity index (χ4n) is 3.48. The molecule has 5 rings (SSSR count). The summed E-state index contributed by atoms with van der Waals surface area (Å²) in [4.78, 5) is 10.2. The van der Waals surface area contributed by atoms with Gasteiger partial charge in [0.15, 0.2) is 5.69 Å². The third-order valence-corrected chi connectivity index (χ3v) is 6.35. The van der Waals surface area contributed by atoms with E-state index in [1.165, 1.54) is 0 Å². The van der Waals surface area contributed by atoms with Gasteiger partial charge in [-0.3, -0.25) is 4.98 Å². The van der Waals surface area contributed by atoms with Crippen molar-refractivity contribution in [1.82, 2.24) is 30.1 Å². The largest absolute Gasteiger partial charge is 0.332 e. The van der Waals surface area contributed by atoms with Gasteiger partial charge in [0, 0.05) is 16.2 Å². The van der Waals surface area contributed by atoms with E-state index in [1.807, 2.05) is 46.5 Å². The minimum atomic E-state index is 0.374. The molecule has 0 unspecified atom stereocenters. The van der Waals surface area contributed by atoms with Crippen LogP contribution in [-0.4, -0.2) is 30.1 Å². The maximum Gasteiger partial charge on any atom is 0.280 e. The van der Waals surface area contributed by atoms with E-state index in [4.69, 9.17) is 4.52 Å². The molecule has 5 aromatic rings. The van der Waals surface area contributed by atoms with Gasteiger partial charge in [0.05, 0.1) is 22.8 Å². The van der Waals surface area contributed by atoms with Crippen molar-refractivity contribution in [3.8, 4) is 33.5 Å². The lowest BCUT2D eigenvalue weighted by Crippen LogP contribution is -2.07. The fraction of sp³-hybridized carbons (Fsp3) is 0.174. The number of rotatable bonds is 7. The quantitative estimate of drug-likeness (QED) is 0.274. The predicted molar refractivity (Wildman–Crippen MR) is 127 cm³/mol. The number of halogens is 1. The van der Waals surface area contributed by atoms with Crippen molar-refractivity contribution in [1.29, 1.82) is 0 Å². The average Bonchev–Trinajstić information content (AvgIpc) is 3.56. The molecule has 0 fully saturated rings. The summed E-state index contributed by atoms with van der Waals surface area (Å²) in [5.74, 6) is 0.877. The molecular weight excluding hydrogens is 488 g/mol. The molecule has 32 heavy (non-hydrogen) atoms. The minimum absolute atomic E-state index is 0.374. The van der Waals surface area contributed by atoms with Gasteiger partial charge in [-0.1, -0.05) is 57.8 Å². The molecule has 0 saturated carbocycles. The van der Waals surface area contributed by atoms with Gasteiger partial charge in [-0.25, -0.2) is 4.68 Å². The molecule has 0 aliphatic carbocycles. The summed E-state index contributed by atoms with van der Waals surface area (Å²) in [6.45, 7) is 2.75. The molecule has 9 heteroatoms. The number of nitrogens with zero attached hydrogens (tertiary/aromatic N) is 6. The van der Waals surface area contributed by atoms with E-state index < -0.39 is 0 Å². The third kappa shape index (κ3) is 4.26. The Morgan fingerprint density at radius 3 is 2.88 bits per heavy atom. The highest BCUT2D eigenvalue weighted by Crippen LogP contribution is 2.28. The van der Waals surface area contributed by atoms with Crippen LogP contribution in [0.25, 0.3) is 33.5 Å². The lowest BCUT2D eigenvalue weighted by Gasteiger charge is -2.06. The van der Waals surface area contributed by atoms with Crippen LogP contribution in [0.15, 0.2) is 69.1 Å². The molecular formula is C23H19BrN6OS. The summed E-state index contributed by atoms with van der Waals surface area (Å²) in [6.07, 6.45) is 3.53. The standard InChI is InChI=1S/C23H19BrN6OS/c1-2-5-19-21(27-29-30(19)14-15-6-3-7-17(24)12-15)23-26-22(28-31-23)16-9-10-25-18(13-16)20-8-4-11-32-20/h3-4,6-13H,2,5,14H2,1H3. The normalized spacial score (nSPS) is 11.2. The van der Waals surface area contributed by atoms with Gasteiger partial charge in [-0.15, -0.1) is 16.4 Å². The second-order valence-corrected chi connectivity index (χ2v) is 9.12. The molecule has 0 spiro atoms. The minimum Gasteiger partial charge on any atom is -0.332 e. The first-order valence-corrected chi connectivity index (χ1v) is 11.9. The SMILES string of the molecule is CCCc1c(-c2nc(-c3ccnc(-c4cccs4)c3)no2)nnn1Cc1cccc(Br)c1. The van der Waals surface area contributed by atoms with Gasteiger partial charge in [0.1, 0.15) is 0 Å². The van der Waals surface area contributed by atoms with Crippen LogP contribution in [0, 0.1) is 0 Å². The highest BCUT2D eigenvalue weighted by atomic mass is 79.9. The Morgan fingerprint density at radius 1 is 1.12 bits per heavy atom. The molecule has 0 atom stereocenters. The van der Waals surface area contributed by atoms with Gasteiger partial charge < -0.3 is 4.52 Å². The number of benzene rings is 1. The Balaban J connectivity index is 1.46. The lowest BCUT2D eigenvalue weighted by molar-refractivity contribution is 0.430. The summed E-state index contributed by atoms with van der Waals surface area (Å²) in [7, 11) is 0. The van der Waals surface area contributed by atoms with Crippen molar-refractivity contribution in [2.45, 2.75) is 26.3 Å². The first-order valence-electron chi connectivity index (χ1n) is 10.2. The first-order chi connectivity index (χ1) is 15.7. The maximum atomic E-state index is 5.60. The molecule has 0 aliphatic rings. The zero-order valence-electron chi connectivity index (χ0n) is 17.3. The van der Waals surface area contributed by atoms with Crippen molar-refractivity contribution < 1.29 is 4.52 Å². The van der Waals surface area contributed by atoms with Gasteiger partial charge >= 0.3 is 0 Å². The van der Waals surface area contributed by atoms with E-state index in [-0.39, 0.29) is 0 Å². The van der Waals surface area contributed by atoms with E-state index in [2.05, 4.69) is 60.4 Å². The molecule has 0 N–H and O–H groups in total. The molecule has 1 aromatic carbocycles. The summed E-state index contributed by atoms with van der Waals surface area (Å²) < 4.78 is 8.55. The number of thiophene rings is 1. The van der Waals surface area contributed by atoms with Crippen LogP contribution in [0.1, 0.15) is 24.6 Å². The summed E-state index contributed by atoms with van der Waals surface area (Å²) in [5.41, 5.74) is 4.48. The van der Waals surface area contributed by atoms with Crippen molar-refractivity contribution in [3.05, 3.63) is 75.8 Å². The number of pyridine rings is 1. The molecule has 0 saturated heterocycles. The Kier molecular flexibility index (Phi) is 5.91. The molecule has 0 amide bonds. The van der Waals surface area contributed by atoms with Gasteiger partial charge in [0.25, 0.3) is 5.89 Å². The van der Waals surface area contributed by atoms with Crippen molar-refractivity contribution in [2.24, 2.45) is 0 Å². The van der Waals surface area contributed by atoms with Gasteiger partial charge in [-0.05, 0) is 47.7 Å². The van der Waals surface area contributed by atoms with Crippen LogP contribution < -0.4 is 0 Å². The summed E-state index contributed by atoms with van der Waals surface area (Å²) in [6, 6.07) is 16.1. The molecule has 4 heterocycles. The molecule has 4 aromatic heterocycles. The number of hydrogen-bond donors (Lipinski definition) is 0. The van der Waals surface area contributed by atoms with Crippen LogP contribution in [0.3, 0.4) is 0 Å². The van der Waals surface area contributed by atoms with E-state index in [0.29, 0.717) is 24.0 Å². The third-order valence-electron chi connectivity index (χ3n) is 4.97. The Hall–Kier alpha value is -3.17. The highest BCUT2D eigenvalue weighted by Gasteiger charge is 2.21. The zero-order valence-corrected chi connectivity index (χ0v) is 19.7. The van der Waals surface area contributed by atoms with Crippen LogP contribution >= 0.6 is 27.3 Å². The molecule has 160 valence electrons. The van der Waals surface area contributed by atoms with Crippen LogP contribution in [-0.2, 0) is 13.0 Å². The van der Waals surface area contributed by atoms with Crippen LogP contribution in [0.2, 0.25) is 0 Å². The van der Waals surface area contributed by atoms with Crippen molar-refractivity contribution in [2.75, 3.05) is 0 Å². The van der Waals surface area contributed by atoms with Gasteiger partial charge in [0.2, 0.25) is 5.82 Å². The predicted octanol–water partition coefficient (Wildman–Crippen LogP) is 5.88. The van der Waals surface area contributed by atoms with E-state index >= 15 is 0 Å². The first kappa shape index (κ1) is 20.7. The topological polar surface area (TPSA) is 82.5 Å². The summed E-state index contributed by atoms with van der Waals surface area (Å²) >= 11 is 5.17. The zero-order chi connectivity index (χ0) is 21.9. The molecule has 0 radical (unpaired) electrons. The van der Waals surface area contributed by atoms with Crippen molar-refractivity contribution >= 4 is 27.3 Å². The van der Waals surface area contributed by atoms with Crippen LogP contribution in [0.5, 0.6) is 0 Å². The average molecular weight is 507 g/mol. The van der Waals surface area contributed by atoms with Gasteiger partial charge in [-0.2, -0.15) is 4.98 Å². The Bertz CT molecular complexity index is 1340. The Labute approximate surface area is 197 Å². The van der Waals surface area contributed by atoms with E-state index in [1.54, 1.807) is 17.5 Å². The highest BCUT2D eigenvalue weighted by molar-refractivity contribution is 9.10. The monoisotopic (exact) mass is 506 g/mol. The lowest BCUT2D eigenvalue weighted by atomic mass is 10.2. The number of aromatic nitrogens is 6. The molecule has 7 nitrogen and oxygen atoms in total. The second kappa shape index (κ2) is 9.13. The van der Waals surface area contributed by atoms with Crippen LogP contribution in [0.4, 0.5) is 0 Å². The second-order valence-electron chi connectivity index (χ2n) is 7.25. The fourth-order valence-corrected chi connectivity index (χ4v) is 4.62. The maximum absolute atomic E-state index is 5.60. The van der Waals surface area contributed by atoms with Crippen molar-refractivity contribution in [3.63, 3.8) is 0 Å². The molecule has 0 bridgehead atoms. The van der Waals surface area contributed by atoms with E-state index in [9.17, 15) is 0 Å². The summed E-state index contributed by atoms with van der Waals surface area (Å²) in [5, 5.41) is 15.0. The Morgan fingerprint density at radius 2 is 2.06 bits per heavy atom.